The number of rotatable bonds is 4. The number of hydrogen-bond acceptors (Lipinski definition) is 3. The number of nitrogens with one attached hydrogen (secondary N) is 2. The number of amides is 1. The number of H-pyrrole nitrogens is 1. The summed E-state index contributed by atoms with van der Waals surface area (Å²) in [6.07, 6.45) is 1.70. The van der Waals surface area contributed by atoms with Crippen LogP contribution in [0.5, 0.6) is 0 Å². The molecule has 1 aromatic heterocycles. The third kappa shape index (κ3) is 2.75. The minimum absolute atomic E-state index is 0.193. The Labute approximate surface area is 105 Å². The van der Waals surface area contributed by atoms with Crippen molar-refractivity contribution in [3.8, 4) is 0 Å². The molecule has 1 amide bonds. The Morgan fingerprint density at radius 1 is 1.44 bits per heavy atom. The van der Waals surface area contributed by atoms with Crippen LogP contribution in [0.3, 0.4) is 0 Å². The number of carbonyl (C=O) groups excluding carboxylic acids is 1. The third-order valence-electron chi connectivity index (χ3n) is 2.83. The highest BCUT2D eigenvalue weighted by Gasteiger charge is 2.15. The highest BCUT2D eigenvalue weighted by atomic mass is 16.2. The van der Waals surface area contributed by atoms with E-state index < -0.39 is 6.04 Å². The first-order valence-corrected chi connectivity index (χ1v) is 5.75. The summed E-state index contributed by atoms with van der Waals surface area (Å²) in [5, 5.41) is 9.52. The van der Waals surface area contributed by atoms with Crippen molar-refractivity contribution in [3.63, 3.8) is 0 Å². The fraction of sp³-hybridized carbons (Fsp3) is 0.231. The summed E-state index contributed by atoms with van der Waals surface area (Å²) in [6.45, 7) is 2.34. The number of aromatic nitrogens is 2. The van der Waals surface area contributed by atoms with Gasteiger partial charge in [-0.25, -0.2) is 0 Å². The zero-order chi connectivity index (χ0) is 13.0. The zero-order valence-electron chi connectivity index (χ0n) is 10.2. The lowest BCUT2D eigenvalue weighted by Gasteiger charge is -2.12. The van der Waals surface area contributed by atoms with Gasteiger partial charge in [-0.2, -0.15) is 5.10 Å². The lowest BCUT2D eigenvalue weighted by molar-refractivity contribution is -0.122. The number of nitrogens with zero attached hydrogens (tertiary/aromatic N) is 1. The molecule has 0 saturated carbocycles. The van der Waals surface area contributed by atoms with Crippen molar-refractivity contribution in [3.05, 3.63) is 53.3 Å². The predicted molar refractivity (Wildman–Crippen MR) is 68.5 cm³/mol. The molecule has 0 aliphatic rings. The predicted octanol–water partition coefficient (Wildman–Crippen LogP) is 1.03. The van der Waals surface area contributed by atoms with Crippen molar-refractivity contribution in [1.29, 1.82) is 0 Å². The molecule has 5 heteroatoms. The molecule has 0 aliphatic heterocycles. The van der Waals surface area contributed by atoms with Crippen LogP contribution in [0.2, 0.25) is 0 Å². The minimum atomic E-state index is -0.640. The van der Waals surface area contributed by atoms with Crippen LogP contribution in [0.4, 0.5) is 0 Å². The largest absolute Gasteiger partial charge is 0.350 e. The maximum atomic E-state index is 11.9. The summed E-state index contributed by atoms with van der Waals surface area (Å²) in [4.78, 5) is 11.9. The van der Waals surface area contributed by atoms with E-state index in [2.05, 4.69) is 15.5 Å². The second kappa shape index (κ2) is 5.46. The van der Waals surface area contributed by atoms with E-state index in [4.69, 9.17) is 5.73 Å². The summed E-state index contributed by atoms with van der Waals surface area (Å²) in [5.74, 6) is -0.193. The first-order chi connectivity index (χ1) is 8.68. The van der Waals surface area contributed by atoms with Crippen molar-refractivity contribution in [1.82, 2.24) is 15.5 Å². The summed E-state index contributed by atoms with van der Waals surface area (Å²) in [7, 11) is 0. The smallest absolute Gasteiger partial charge is 0.241 e. The van der Waals surface area contributed by atoms with Gasteiger partial charge in [-0.05, 0) is 12.5 Å². The molecule has 1 atom stereocenters. The lowest BCUT2D eigenvalue weighted by Crippen LogP contribution is -2.33. The minimum Gasteiger partial charge on any atom is -0.350 e. The van der Waals surface area contributed by atoms with E-state index in [-0.39, 0.29) is 5.91 Å². The summed E-state index contributed by atoms with van der Waals surface area (Å²) in [5.41, 5.74) is 8.59. The highest BCUT2D eigenvalue weighted by Crippen LogP contribution is 2.10. The molecule has 0 spiro atoms. The molecule has 0 fully saturated rings. The van der Waals surface area contributed by atoms with Crippen LogP contribution in [-0.4, -0.2) is 16.1 Å². The van der Waals surface area contributed by atoms with E-state index in [1.165, 1.54) is 0 Å². The molecular formula is C13H16N4O. The molecule has 1 aromatic carbocycles. The van der Waals surface area contributed by atoms with Crippen LogP contribution in [0.1, 0.15) is 22.9 Å². The molecule has 18 heavy (non-hydrogen) atoms. The number of benzene rings is 1. The molecule has 2 rings (SSSR count). The van der Waals surface area contributed by atoms with Crippen LogP contribution in [0.25, 0.3) is 0 Å². The number of nitrogens with two attached hydrogens (primary N) is 1. The Morgan fingerprint density at radius 3 is 2.78 bits per heavy atom. The average Bonchev–Trinajstić information content (AvgIpc) is 2.81. The topological polar surface area (TPSA) is 83.8 Å². The van der Waals surface area contributed by atoms with Crippen LogP contribution in [-0.2, 0) is 11.3 Å². The normalized spacial score (nSPS) is 12.1. The van der Waals surface area contributed by atoms with Crippen LogP contribution >= 0.6 is 0 Å². The van der Waals surface area contributed by atoms with E-state index >= 15 is 0 Å². The molecular weight excluding hydrogens is 228 g/mol. The SMILES string of the molecule is Cc1[nH]ncc1CNC(=O)C(N)c1ccccc1. The van der Waals surface area contributed by atoms with E-state index in [1.54, 1.807) is 6.20 Å². The maximum Gasteiger partial charge on any atom is 0.241 e. The summed E-state index contributed by atoms with van der Waals surface area (Å²) < 4.78 is 0. The van der Waals surface area contributed by atoms with Crippen LogP contribution < -0.4 is 11.1 Å². The molecule has 2 aromatic rings. The zero-order valence-corrected chi connectivity index (χ0v) is 10.2. The van der Waals surface area contributed by atoms with Crippen LogP contribution in [0.15, 0.2) is 36.5 Å². The van der Waals surface area contributed by atoms with Gasteiger partial charge < -0.3 is 11.1 Å². The van der Waals surface area contributed by atoms with Gasteiger partial charge in [0.1, 0.15) is 6.04 Å². The van der Waals surface area contributed by atoms with Gasteiger partial charge in [-0.1, -0.05) is 30.3 Å². The standard InChI is InChI=1S/C13H16N4O/c1-9-11(8-16-17-9)7-15-13(18)12(14)10-5-3-2-4-6-10/h2-6,8,12H,7,14H2,1H3,(H,15,18)(H,16,17). The second-order valence-electron chi connectivity index (χ2n) is 4.13. The number of aromatic amines is 1. The van der Waals surface area contributed by atoms with Crippen molar-refractivity contribution < 1.29 is 4.79 Å². The van der Waals surface area contributed by atoms with E-state index in [0.29, 0.717) is 6.54 Å². The molecule has 0 aliphatic carbocycles. The van der Waals surface area contributed by atoms with E-state index in [0.717, 1.165) is 16.8 Å². The fourth-order valence-electron chi connectivity index (χ4n) is 1.66. The van der Waals surface area contributed by atoms with Gasteiger partial charge in [0.05, 0.1) is 6.20 Å². The summed E-state index contributed by atoms with van der Waals surface area (Å²) in [6, 6.07) is 8.66. The Balaban J connectivity index is 1.95. The first-order valence-electron chi connectivity index (χ1n) is 5.75. The van der Waals surface area contributed by atoms with Crippen molar-refractivity contribution in [2.45, 2.75) is 19.5 Å². The van der Waals surface area contributed by atoms with Gasteiger partial charge >= 0.3 is 0 Å². The van der Waals surface area contributed by atoms with Crippen molar-refractivity contribution in [2.24, 2.45) is 5.73 Å². The first kappa shape index (κ1) is 12.3. The summed E-state index contributed by atoms with van der Waals surface area (Å²) >= 11 is 0. The van der Waals surface area contributed by atoms with Crippen molar-refractivity contribution >= 4 is 5.91 Å². The third-order valence-corrected chi connectivity index (χ3v) is 2.83. The highest BCUT2D eigenvalue weighted by molar-refractivity contribution is 5.82. The monoisotopic (exact) mass is 244 g/mol. The number of carbonyl (C=O) groups is 1. The molecule has 94 valence electrons. The fourth-order valence-corrected chi connectivity index (χ4v) is 1.66. The van der Waals surface area contributed by atoms with Gasteiger partial charge in [-0.3, -0.25) is 9.89 Å². The van der Waals surface area contributed by atoms with Crippen molar-refractivity contribution in [2.75, 3.05) is 0 Å². The molecule has 5 nitrogen and oxygen atoms in total. The van der Waals surface area contributed by atoms with Gasteiger partial charge in [0.2, 0.25) is 5.91 Å². The lowest BCUT2D eigenvalue weighted by atomic mass is 10.1. The molecule has 1 heterocycles. The quantitative estimate of drug-likeness (QED) is 0.751. The molecule has 0 radical (unpaired) electrons. The van der Waals surface area contributed by atoms with Crippen LogP contribution in [0, 0.1) is 6.92 Å². The van der Waals surface area contributed by atoms with Gasteiger partial charge in [0.25, 0.3) is 0 Å². The molecule has 4 N–H and O–H groups in total. The number of aryl methyl sites for hydroxylation is 1. The van der Waals surface area contributed by atoms with Gasteiger partial charge in [0, 0.05) is 17.8 Å². The average molecular weight is 244 g/mol. The van der Waals surface area contributed by atoms with E-state index in [1.807, 2.05) is 37.3 Å². The van der Waals surface area contributed by atoms with Gasteiger partial charge in [0.15, 0.2) is 0 Å². The molecule has 0 saturated heterocycles. The van der Waals surface area contributed by atoms with Gasteiger partial charge in [-0.15, -0.1) is 0 Å². The second-order valence-corrected chi connectivity index (χ2v) is 4.13. The Hall–Kier alpha value is -2.14. The Kier molecular flexibility index (Phi) is 3.74. The maximum absolute atomic E-state index is 11.9. The Bertz CT molecular complexity index is 521. The number of hydrogen-bond donors (Lipinski definition) is 3. The van der Waals surface area contributed by atoms with E-state index in [9.17, 15) is 4.79 Å². The Morgan fingerprint density at radius 2 is 2.17 bits per heavy atom. The molecule has 0 bridgehead atoms. The molecule has 1 unspecified atom stereocenters.